The van der Waals surface area contributed by atoms with Crippen LogP contribution >= 0.6 is 0 Å². The van der Waals surface area contributed by atoms with E-state index in [0.29, 0.717) is 18.2 Å². The molecule has 1 aliphatic carbocycles. The van der Waals surface area contributed by atoms with Gasteiger partial charge in [0.2, 0.25) is 0 Å². The number of benzene rings is 1. The van der Waals surface area contributed by atoms with Gasteiger partial charge in [-0.05, 0) is 64.2 Å². The van der Waals surface area contributed by atoms with Crippen LogP contribution in [-0.2, 0) is 11.2 Å². The van der Waals surface area contributed by atoms with Crippen LogP contribution in [0.1, 0.15) is 83.3 Å². The fraction of sp³-hybridized carbons (Fsp3) is 0.625. The molecule has 0 spiro atoms. The van der Waals surface area contributed by atoms with E-state index in [1.54, 1.807) is 0 Å². The van der Waals surface area contributed by atoms with Gasteiger partial charge >= 0.3 is 5.97 Å². The molecule has 0 saturated heterocycles. The van der Waals surface area contributed by atoms with E-state index in [1.165, 1.54) is 24.0 Å². The minimum atomic E-state index is -0.270. The Balaban J connectivity index is 2.05. The number of nitrogens with two attached hydrogens (primary N) is 1. The molecule has 0 amide bonds. The first-order valence-electron chi connectivity index (χ1n) is 10.8. The van der Waals surface area contributed by atoms with Gasteiger partial charge < -0.3 is 15.2 Å². The van der Waals surface area contributed by atoms with Crippen molar-refractivity contribution >= 4 is 5.97 Å². The maximum atomic E-state index is 12.3. The second-order valence-corrected chi connectivity index (χ2v) is 8.87. The normalized spacial score (nSPS) is 22.5. The zero-order chi connectivity index (χ0) is 20.3. The molecule has 0 fully saturated rings. The Morgan fingerprint density at radius 1 is 1.32 bits per heavy atom. The summed E-state index contributed by atoms with van der Waals surface area (Å²) < 4.78 is 12.3. The summed E-state index contributed by atoms with van der Waals surface area (Å²) in [7, 11) is 0. The van der Waals surface area contributed by atoms with E-state index in [1.807, 2.05) is 0 Å². The molecule has 0 unspecified atom stereocenters. The highest BCUT2D eigenvalue weighted by molar-refractivity contribution is 5.74. The van der Waals surface area contributed by atoms with Gasteiger partial charge in [-0.15, -0.1) is 0 Å². The van der Waals surface area contributed by atoms with Crippen LogP contribution in [-0.4, -0.2) is 18.1 Å². The molecule has 1 aromatic carbocycles. The van der Waals surface area contributed by atoms with Crippen molar-refractivity contribution < 1.29 is 14.3 Å². The second kappa shape index (κ2) is 8.69. The average Bonchev–Trinajstić information content (AvgIpc) is 2.61. The summed E-state index contributed by atoms with van der Waals surface area (Å²) in [6, 6.07) is 4.22. The Hall–Kier alpha value is -1.81. The first-order chi connectivity index (χ1) is 13.4. The number of hydrogen-bond donors (Lipinski definition) is 1. The molecule has 1 aliphatic heterocycles. The molecule has 0 radical (unpaired) electrons. The fourth-order valence-corrected chi connectivity index (χ4v) is 4.66. The smallest absolute Gasteiger partial charge is 0.312 e. The van der Waals surface area contributed by atoms with Crippen molar-refractivity contribution in [3.05, 3.63) is 34.9 Å². The molecule has 2 N–H and O–H groups in total. The van der Waals surface area contributed by atoms with E-state index in [-0.39, 0.29) is 23.9 Å². The summed E-state index contributed by atoms with van der Waals surface area (Å²) >= 11 is 0. The quantitative estimate of drug-likeness (QED) is 0.300. The monoisotopic (exact) mass is 385 g/mol. The second-order valence-electron chi connectivity index (χ2n) is 8.87. The summed E-state index contributed by atoms with van der Waals surface area (Å²) in [6.07, 6.45) is 9.24. The summed E-state index contributed by atoms with van der Waals surface area (Å²) in [5.74, 6) is 1.87. The molecule has 3 rings (SSSR count). The molecule has 0 bridgehead atoms. The van der Waals surface area contributed by atoms with Crippen LogP contribution in [0.2, 0.25) is 0 Å². The largest absolute Gasteiger partial charge is 0.487 e. The first-order valence-corrected chi connectivity index (χ1v) is 10.8. The van der Waals surface area contributed by atoms with Crippen molar-refractivity contribution in [2.24, 2.45) is 11.7 Å². The van der Waals surface area contributed by atoms with Crippen LogP contribution in [0.25, 0.3) is 0 Å². The van der Waals surface area contributed by atoms with Crippen LogP contribution in [0.3, 0.4) is 0 Å². The Kier molecular flexibility index (Phi) is 6.49. The van der Waals surface area contributed by atoms with Gasteiger partial charge in [0, 0.05) is 23.9 Å². The number of rotatable bonds is 7. The molecule has 28 heavy (non-hydrogen) atoms. The van der Waals surface area contributed by atoms with E-state index >= 15 is 0 Å². The highest BCUT2D eigenvalue weighted by Crippen LogP contribution is 2.53. The van der Waals surface area contributed by atoms with Gasteiger partial charge in [-0.2, -0.15) is 0 Å². The van der Waals surface area contributed by atoms with Crippen LogP contribution in [0.4, 0.5) is 0 Å². The lowest BCUT2D eigenvalue weighted by atomic mass is 9.68. The lowest BCUT2D eigenvalue weighted by molar-refractivity contribution is -0.134. The number of carbonyl (C=O) groups is 1. The van der Waals surface area contributed by atoms with Crippen molar-refractivity contribution in [1.29, 1.82) is 0 Å². The number of carbonyl (C=O) groups excluding carboxylic acids is 1. The third kappa shape index (κ3) is 4.43. The van der Waals surface area contributed by atoms with Gasteiger partial charge in [-0.3, -0.25) is 4.79 Å². The minimum absolute atomic E-state index is 0.220. The van der Waals surface area contributed by atoms with Crippen molar-refractivity contribution in [2.45, 2.75) is 84.2 Å². The topological polar surface area (TPSA) is 61.5 Å². The molecule has 2 atom stereocenters. The van der Waals surface area contributed by atoms with Crippen LogP contribution < -0.4 is 15.2 Å². The summed E-state index contributed by atoms with van der Waals surface area (Å²) in [4.78, 5) is 12.3. The number of unbranched alkanes of at least 4 members (excludes halogenated alkanes) is 2. The van der Waals surface area contributed by atoms with Gasteiger partial charge in [0.05, 0.1) is 6.42 Å². The summed E-state index contributed by atoms with van der Waals surface area (Å²) in [5.41, 5.74) is 8.93. The van der Waals surface area contributed by atoms with E-state index in [2.05, 4.69) is 45.9 Å². The summed E-state index contributed by atoms with van der Waals surface area (Å²) in [6.45, 7) is 9.07. The third-order valence-corrected chi connectivity index (χ3v) is 6.15. The number of allylic oxidation sites excluding steroid dienone is 2. The maximum absolute atomic E-state index is 12.3. The van der Waals surface area contributed by atoms with Crippen LogP contribution in [0, 0.1) is 5.92 Å². The van der Waals surface area contributed by atoms with E-state index < -0.39 is 0 Å². The van der Waals surface area contributed by atoms with E-state index in [0.717, 1.165) is 37.0 Å². The molecular weight excluding hydrogens is 350 g/mol. The summed E-state index contributed by atoms with van der Waals surface area (Å²) in [5, 5.41) is 0. The van der Waals surface area contributed by atoms with Crippen LogP contribution in [0.15, 0.2) is 23.8 Å². The van der Waals surface area contributed by atoms with Gasteiger partial charge in [-0.25, -0.2) is 0 Å². The molecule has 4 nitrogen and oxygen atoms in total. The third-order valence-electron chi connectivity index (χ3n) is 6.15. The Bertz CT molecular complexity index is 750. The fourth-order valence-electron chi connectivity index (χ4n) is 4.66. The van der Waals surface area contributed by atoms with E-state index in [9.17, 15) is 4.79 Å². The minimum Gasteiger partial charge on any atom is -0.487 e. The van der Waals surface area contributed by atoms with Crippen molar-refractivity contribution in [1.82, 2.24) is 0 Å². The first kappa shape index (κ1) is 20.9. The van der Waals surface area contributed by atoms with Gasteiger partial charge in [0.25, 0.3) is 0 Å². The van der Waals surface area contributed by atoms with Crippen molar-refractivity contribution in [3.8, 4) is 11.5 Å². The predicted molar refractivity (Wildman–Crippen MR) is 113 cm³/mol. The number of aryl methyl sites for hydroxylation is 1. The molecule has 0 saturated carbocycles. The number of esters is 1. The molecule has 0 aromatic heterocycles. The van der Waals surface area contributed by atoms with Crippen LogP contribution in [0.5, 0.6) is 11.5 Å². The lowest BCUT2D eigenvalue weighted by Crippen LogP contribution is -2.45. The molecule has 2 aliphatic rings. The Morgan fingerprint density at radius 2 is 2.11 bits per heavy atom. The lowest BCUT2D eigenvalue weighted by Gasteiger charge is -2.46. The number of ether oxygens (including phenoxy) is 2. The van der Waals surface area contributed by atoms with Crippen molar-refractivity contribution in [3.63, 3.8) is 0 Å². The Morgan fingerprint density at radius 3 is 2.82 bits per heavy atom. The molecular formula is C24H35NO3. The van der Waals surface area contributed by atoms with Crippen molar-refractivity contribution in [2.75, 3.05) is 6.54 Å². The number of fused-ring (bicyclic) bond motifs is 3. The molecule has 1 heterocycles. The SMILES string of the molecule is CCCCCc1cc(OC(=O)CCN)c2c(c1)OC(C)(C)[C@@H]1CCC(C)=C[C@@H]21. The van der Waals surface area contributed by atoms with Gasteiger partial charge in [-0.1, -0.05) is 31.4 Å². The Labute approximate surface area is 169 Å². The number of hydrogen-bond acceptors (Lipinski definition) is 4. The highest BCUT2D eigenvalue weighted by Gasteiger charge is 2.45. The molecule has 154 valence electrons. The zero-order valence-corrected chi connectivity index (χ0v) is 17.8. The predicted octanol–water partition coefficient (Wildman–Crippen LogP) is 5.28. The standard InChI is InChI=1S/C24H35NO3/c1-5-6-7-8-17-14-20(27-22(26)11-12-25)23-18-13-16(2)9-10-19(18)24(3,4)28-21(23)15-17/h13-15,18-19H,5-12,25H2,1-4H3/t18-,19-/m1/s1. The maximum Gasteiger partial charge on any atom is 0.312 e. The highest BCUT2D eigenvalue weighted by atomic mass is 16.5. The molecule has 1 aromatic rings. The van der Waals surface area contributed by atoms with Gasteiger partial charge in [0.15, 0.2) is 0 Å². The van der Waals surface area contributed by atoms with E-state index in [4.69, 9.17) is 15.2 Å². The van der Waals surface area contributed by atoms with Gasteiger partial charge in [0.1, 0.15) is 17.1 Å². The average molecular weight is 386 g/mol. The zero-order valence-electron chi connectivity index (χ0n) is 17.8. The molecule has 4 heteroatoms.